The van der Waals surface area contributed by atoms with E-state index < -0.39 is 0 Å². The summed E-state index contributed by atoms with van der Waals surface area (Å²) in [6.45, 7) is 2.28. The van der Waals surface area contributed by atoms with Crippen molar-refractivity contribution in [3.63, 3.8) is 0 Å². The molecule has 2 N–H and O–H groups in total. The highest BCUT2D eigenvalue weighted by Gasteiger charge is 2.17. The Morgan fingerprint density at radius 3 is 3.18 bits per heavy atom. The number of aromatic nitrogens is 3. The molecule has 0 radical (unpaired) electrons. The van der Waals surface area contributed by atoms with E-state index in [1.54, 1.807) is 29.9 Å². The van der Waals surface area contributed by atoms with Gasteiger partial charge < -0.3 is 10.4 Å². The third-order valence-electron chi connectivity index (χ3n) is 2.42. The van der Waals surface area contributed by atoms with Gasteiger partial charge in [-0.25, -0.2) is 9.50 Å². The van der Waals surface area contributed by atoms with Crippen molar-refractivity contribution in [3.8, 4) is 0 Å². The zero-order chi connectivity index (χ0) is 12.3. The molecule has 0 atom stereocenters. The molecule has 6 heteroatoms. The van der Waals surface area contributed by atoms with E-state index in [0.29, 0.717) is 29.9 Å². The summed E-state index contributed by atoms with van der Waals surface area (Å²) < 4.78 is 1.58. The SMILES string of the molecule is Cc1nn2cccnc2c1C(=O)NCCCO. The highest BCUT2D eigenvalue weighted by molar-refractivity contribution is 6.00. The van der Waals surface area contributed by atoms with Gasteiger partial charge in [0.1, 0.15) is 5.56 Å². The van der Waals surface area contributed by atoms with E-state index >= 15 is 0 Å². The maximum atomic E-state index is 11.9. The topological polar surface area (TPSA) is 79.5 Å². The zero-order valence-corrected chi connectivity index (χ0v) is 9.55. The van der Waals surface area contributed by atoms with E-state index in [0.717, 1.165) is 0 Å². The maximum absolute atomic E-state index is 11.9. The number of fused-ring (bicyclic) bond motifs is 1. The summed E-state index contributed by atoms with van der Waals surface area (Å²) in [4.78, 5) is 16.1. The van der Waals surface area contributed by atoms with E-state index in [4.69, 9.17) is 5.11 Å². The molecular formula is C11H14N4O2. The van der Waals surface area contributed by atoms with E-state index in [1.165, 1.54) is 0 Å². The van der Waals surface area contributed by atoms with Gasteiger partial charge in [-0.2, -0.15) is 5.10 Å². The van der Waals surface area contributed by atoms with Gasteiger partial charge in [-0.15, -0.1) is 0 Å². The highest BCUT2D eigenvalue weighted by atomic mass is 16.3. The van der Waals surface area contributed by atoms with E-state index in [9.17, 15) is 4.79 Å². The Morgan fingerprint density at radius 1 is 1.59 bits per heavy atom. The van der Waals surface area contributed by atoms with Gasteiger partial charge in [0.15, 0.2) is 5.65 Å². The molecule has 0 aliphatic rings. The summed E-state index contributed by atoms with van der Waals surface area (Å²) in [5.74, 6) is -0.204. The first-order chi connectivity index (χ1) is 8.24. The van der Waals surface area contributed by atoms with Gasteiger partial charge in [0.25, 0.3) is 5.91 Å². The Bertz CT molecular complexity index is 535. The Hall–Kier alpha value is -1.95. The first-order valence-corrected chi connectivity index (χ1v) is 5.43. The van der Waals surface area contributed by atoms with Crippen LogP contribution in [0.5, 0.6) is 0 Å². The normalized spacial score (nSPS) is 10.7. The van der Waals surface area contributed by atoms with Gasteiger partial charge in [0, 0.05) is 25.5 Å². The van der Waals surface area contributed by atoms with Crippen LogP contribution in [-0.2, 0) is 0 Å². The van der Waals surface area contributed by atoms with Crippen LogP contribution < -0.4 is 5.32 Å². The van der Waals surface area contributed by atoms with Crippen molar-refractivity contribution in [2.24, 2.45) is 0 Å². The van der Waals surface area contributed by atoms with Gasteiger partial charge >= 0.3 is 0 Å². The first kappa shape index (κ1) is 11.5. The van der Waals surface area contributed by atoms with Gasteiger partial charge in [-0.1, -0.05) is 0 Å². The molecule has 0 unspecified atom stereocenters. The molecule has 2 aromatic heterocycles. The first-order valence-electron chi connectivity index (χ1n) is 5.43. The number of amides is 1. The molecule has 0 spiro atoms. The lowest BCUT2D eigenvalue weighted by atomic mass is 10.2. The monoisotopic (exact) mass is 234 g/mol. The second-order valence-electron chi connectivity index (χ2n) is 3.68. The number of aryl methyl sites for hydroxylation is 1. The highest BCUT2D eigenvalue weighted by Crippen LogP contribution is 2.12. The Morgan fingerprint density at radius 2 is 2.41 bits per heavy atom. The van der Waals surface area contributed by atoms with Crippen LogP contribution in [0.15, 0.2) is 18.5 Å². The van der Waals surface area contributed by atoms with E-state index in [-0.39, 0.29) is 12.5 Å². The molecule has 0 saturated heterocycles. The summed E-state index contributed by atoms with van der Waals surface area (Å²) in [6, 6.07) is 1.76. The average molecular weight is 234 g/mol. The maximum Gasteiger partial charge on any atom is 0.257 e. The third kappa shape index (κ3) is 2.26. The predicted molar refractivity (Wildman–Crippen MR) is 61.8 cm³/mol. The number of aliphatic hydroxyl groups is 1. The fourth-order valence-electron chi connectivity index (χ4n) is 1.63. The van der Waals surface area contributed by atoms with Crippen LogP contribution in [0.25, 0.3) is 5.65 Å². The molecule has 90 valence electrons. The van der Waals surface area contributed by atoms with Crippen molar-refractivity contribution in [2.75, 3.05) is 13.2 Å². The minimum atomic E-state index is -0.204. The molecule has 1 amide bonds. The van der Waals surface area contributed by atoms with E-state index in [2.05, 4.69) is 15.4 Å². The van der Waals surface area contributed by atoms with Crippen LogP contribution in [-0.4, -0.2) is 38.8 Å². The number of nitrogens with zero attached hydrogens (tertiary/aromatic N) is 3. The number of hydrogen-bond acceptors (Lipinski definition) is 4. The smallest absolute Gasteiger partial charge is 0.257 e. The van der Waals surface area contributed by atoms with Crippen LogP contribution in [0.2, 0.25) is 0 Å². The minimum Gasteiger partial charge on any atom is -0.396 e. The van der Waals surface area contributed by atoms with Crippen molar-refractivity contribution in [2.45, 2.75) is 13.3 Å². The molecule has 0 fully saturated rings. The molecule has 0 aliphatic heterocycles. The van der Waals surface area contributed by atoms with Crippen molar-refractivity contribution in [3.05, 3.63) is 29.7 Å². The lowest BCUT2D eigenvalue weighted by molar-refractivity contribution is 0.0952. The number of nitrogens with one attached hydrogen (secondary N) is 1. The number of carbonyl (C=O) groups is 1. The average Bonchev–Trinajstić information content (AvgIpc) is 2.65. The van der Waals surface area contributed by atoms with Crippen LogP contribution in [0.3, 0.4) is 0 Å². The second-order valence-corrected chi connectivity index (χ2v) is 3.68. The number of carbonyl (C=O) groups excluding carboxylic acids is 1. The predicted octanol–water partition coefficient (Wildman–Crippen LogP) is 0.150. The molecule has 2 aromatic rings. The molecule has 0 bridgehead atoms. The lowest BCUT2D eigenvalue weighted by Gasteiger charge is -2.02. The molecular weight excluding hydrogens is 220 g/mol. The van der Waals surface area contributed by atoms with Crippen LogP contribution >= 0.6 is 0 Å². The molecule has 6 nitrogen and oxygen atoms in total. The van der Waals surface area contributed by atoms with Gasteiger partial charge in [-0.05, 0) is 19.4 Å². The Labute approximate surface area is 98.3 Å². The second kappa shape index (κ2) is 4.92. The van der Waals surface area contributed by atoms with Crippen molar-refractivity contribution in [1.82, 2.24) is 19.9 Å². The fraction of sp³-hybridized carbons (Fsp3) is 0.364. The summed E-state index contributed by atoms with van der Waals surface area (Å²) in [7, 11) is 0. The number of aliphatic hydroxyl groups excluding tert-OH is 1. The molecule has 0 aromatic carbocycles. The lowest BCUT2D eigenvalue weighted by Crippen LogP contribution is -2.25. The summed E-state index contributed by atoms with van der Waals surface area (Å²) in [6.07, 6.45) is 3.91. The van der Waals surface area contributed by atoms with Crippen LogP contribution in [0, 0.1) is 6.92 Å². The molecule has 2 rings (SSSR count). The van der Waals surface area contributed by atoms with Crippen molar-refractivity contribution < 1.29 is 9.90 Å². The number of rotatable bonds is 4. The largest absolute Gasteiger partial charge is 0.396 e. The zero-order valence-electron chi connectivity index (χ0n) is 9.55. The number of hydrogen-bond donors (Lipinski definition) is 2. The third-order valence-corrected chi connectivity index (χ3v) is 2.42. The summed E-state index contributed by atoms with van der Waals surface area (Å²) in [5.41, 5.74) is 1.68. The summed E-state index contributed by atoms with van der Waals surface area (Å²) >= 11 is 0. The van der Waals surface area contributed by atoms with Crippen LogP contribution in [0.1, 0.15) is 22.5 Å². The fourth-order valence-corrected chi connectivity index (χ4v) is 1.63. The molecule has 0 aliphatic carbocycles. The molecule has 0 saturated carbocycles. The van der Waals surface area contributed by atoms with Crippen LogP contribution in [0.4, 0.5) is 0 Å². The van der Waals surface area contributed by atoms with Crippen molar-refractivity contribution >= 4 is 11.6 Å². The summed E-state index contributed by atoms with van der Waals surface area (Å²) in [5, 5.41) is 15.6. The Balaban J connectivity index is 2.28. The van der Waals surface area contributed by atoms with Gasteiger partial charge in [0.05, 0.1) is 5.69 Å². The van der Waals surface area contributed by atoms with Gasteiger partial charge in [0.2, 0.25) is 0 Å². The standard InChI is InChI=1S/C11H14N4O2/c1-8-9(11(17)13-5-3-7-16)10-12-4-2-6-15(10)14-8/h2,4,6,16H,3,5,7H2,1H3,(H,13,17). The van der Waals surface area contributed by atoms with E-state index in [1.807, 2.05) is 0 Å². The molecule has 17 heavy (non-hydrogen) atoms. The minimum absolute atomic E-state index is 0.0618. The van der Waals surface area contributed by atoms with Gasteiger partial charge in [-0.3, -0.25) is 4.79 Å². The van der Waals surface area contributed by atoms with Crippen molar-refractivity contribution in [1.29, 1.82) is 0 Å². The quantitative estimate of drug-likeness (QED) is 0.738. The Kier molecular flexibility index (Phi) is 3.34. The molecule has 2 heterocycles.